The number of nitrogens with two attached hydrogens (primary N) is 1. The van der Waals surface area contributed by atoms with Gasteiger partial charge in [0.1, 0.15) is 0 Å². The predicted molar refractivity (Wildman–Crippen MR) is 57.4 cm³/mol. The van der Waals surface area contributed by atoms with Gasteiger partial charge in [0.25, 0.3) is 0 Å². The normalized spacial score (nSPS) is 20.5. The lowest BCUT2D eigenvalue weighted by atomic mass is 10.1. The third-order valence-electron chi connectivity index (χ3n) is 2.59. The molecule has 15 heavy (non-hydrogen) atoms. The molecule has 0 aromatic heterocycles. The van der Waals surface area contributed by atoms with E-state index in [0.717, 1.165) is 38.9 Å². The maximum atomic E-state index is 11.3. The third kappa shape index (κ3) is 5.74. The van der Waals surface area contributed by atoms with Crippen LogP contribution in [0.2, 0.25) is 0 Å². The van der Waals surface area contributed by atoms with E-state index in [4.69, 9.17) is 15.2 Å². The molecule has 4 heteroatoms. The molecule has 0 amide bonds. The minimum atomic E-state index is -0.0843. The molecule has 2 N–H and O–H groups in total. The van der Waals surface area contributed by atoms with Gasteiger partial charge in [-0.25, -0.2) is 0 Å². The van der Waals surface area contributed by atoms with Gasteiger partial charge in [-0.05, 0) is 25.8 Å². The molecule has 1 aliphatic rings. The second kappa shape index (κ2) is 7.65. The first kappa shape index (κ1) is 12.5. The molecule has 1 atom stereocenters. The van der Waals surface area contributed by atoms with Gasteiger partial charge >= 0.3 is 5.97 Å². The molecule has 1 fully saturated rings. The van der Waals surface area contributed by atoms with Crippen molar-refractivity contribution in [3.8, 4) is 0 Å². The molecule has 1 saturated heterocycles. The molecular weight excluding hydrogens is 194 g/mol. The van der Waals surface area contributed by atoms with Crippen molar-refractivity contribution in [2.45, 2.75) is 32.1 Å². The minimum absolute atomic E-state index is 0.0843. The van der Waals surface area contributed by atoms with Crippen LogP contribution in [0.3, 0.4) is 0 Å². The van der Waals surface area contributed by atoms with Gasteiger partial charge in [0.05, 0.1) is 13.2 Å². The lowest BCUT2D eigenvalue weighted by molar-refractivity contribution is -0.145. The Morgan fingerprint density at radius 3 is 2.93 bits per heavy atom. The molecule has 0 aliphatic carbocycles. The largest absolute Gasteiger partial charge is 0.465 e. The van der Waals surface area contributed by atoms with Crippen LogP contribution >= 0.6 is 0 Å². The Balaban J connectivity index is 1.93. The van der Waals surface area contributed by atoms with Gasteiger partial charge in [0, 0.05) is 18.9 Å². The monoisotopic (exact) mass is 215 g/mol. The van der Waals surface area contributed by atoms with Gasteiger partial charge in [-0.2, -0.15) is 0 Å². The van der Waals surface area contributed by atoms with E-state index in [0.29, 0.717) is 25.5 Å². The lowest BCUT2D eigenvalue weighted by Crippen LogP contribution is -2.14. The van der Waals surface area contributed by atoms with Crippen LogP contribution in [0.5, 0.6) is 0 Å². The summed E-state index contributed by atoms with van der Waals surface area (Å²) in [4.78, 5) is 11.3. The smallest absolute Gasteiger partial charge is 0.305 e. The summed E-state index contributed by atoms with van der Waals surface area (Å²) >= 11 is 0. The van der Waals surface area contributed by atoms with Crippen molar-refractivity contribution in [2.24, 2.45) is 11.7 Å². The molecule has 1 unspecified atom stereocenters. The standard InChI is InChI=1S/C11H21NO3/c12-6-3-1-2-4-11(13)15-9-10-5-7-14-8-10/h10H,1-9,12H2. The number of hydrogen-bond acceptors (Lipinski definition) is 4. The first-order valence-corrected chi connectivity index (χ1v) is 5.76. The highest BCUT2D eigenvalue weighted by Gasteiger charge is 2.17. The van der Waals surface area contributed by atoms with Crippen molar-refractivity contribution < 1.29 is 14.3 Å². The highest BCUT2D eigenvalue weighted by atomic mass is 16.5. The van der Waals surface area contributed by atoms with Crippen LogP contribution in [0.4, 0.5) is 0 Å². The molecule has 0 bridgehead atoms. The van der Waals surface area contributed by atoms with Gasteiger partial charge in [-0.15, -0.1) is 0 Å². The van der Waals surface area contributed by atoms with Crippen LogP contribution < -0.4 is 5.73 Å². The molecule has 0 aromatic carbocycles. The molecule has 0 spiro atoms. The predicted octanol–water partition coefficient (Wildman–Crippen LogP) is 1.09. The van der Waals surface area contributed by atoms with Crippen LogP contribution in [-0.4, -0.2) is 32.3 Å². The van der Waals surface area contributed by atoms with Gasteiger partial charge in [0.15, 0.2) is 0 Å². The van der Waals surface area contributed by atoms with Crippen molar-refractivity contribution in [1.29, 1.82) is 0 Å². The van der Waals surface area contributed by atoms with Crippen molar-refractivity contribution in [1.82, 2.24) is 0 Å². The average Bonchev–Trinajstić information content (AvgIpc) is 2.74. The van der Waals surface area contributed by atoms with Gasteiger partial charge in [0.2, 0.25) is 0 Å². The summed E-state index contributed by atoms with van der Waals surface area (Å²) in [7, 11) is 0. The minimum Gasteiger partial charge on any atom is -0.465 e. The number of rotatable bonds is 7. The molecule has 88 valence electrons. The second-order valence-corrected chi connectivity index (χ2v) is 4.01. The molecule has 4 nitrogen and oxygen atoms in total. The van der Waals surface area contributed by atoms with Gasteiger partial charge in [-0.1, -0.05) is 6.42 Å². The van der Waals surface area contributed by atoms with E-state index in [1.165, 1.54) is 0 Å². The lowest BCUT2D eigenvalue weighted by Gasteiger charge is -2.08. The zero-order valence-electron chi connectivity index (χ0n) is 9.24. The molecule has 0 radical (unpaired) electrons. The Morgan fingerprint density at radius 2 is 2.27 bits per heavy atom. The summed E-state index contributed by atoms with van der Waals surface area (Å²) in [6, 6.07) is 0. The van der Waals surface area contributed by atoms with Crippen molar-refractivity contribution in [3.05, 3.63) is 0 Å². The SMILES string of the molecule is NCCCCCC(=O)OCC1CCOC1. The Morgan fingerprint density at radius 1 is 1.40 bits per heavy atom. The zero-order valence-corrected chi connectivity index (χ0v) is 9.24. The number of carbonyl (C=O) groups is 1. The number of hydrogen-bond donors (Lipinski definition) is 1. The average molecular weight is 215 g/mol. The van der Waals surface area contributed by atoms with E-state index in [2.05, 4.69) is 0 Å². The molecule has 0 saturated carbocycles. The molecular formula is C11H21NO3. The summed E-state index contributed by atoms with van der Waals surface area (Å²) in [6.07, 6.45) is 4.42. The molecule has 1 heterocycles. The maximum absolute atomic E-state index is 11.3. The number of esters is 1. The molecule has 1 aliphatic heterocycles. The van der Waals surface area contributed by atoms with E-state index in [-0.39, 0.29) is 5.97 Å². The molecule has 1 rings (SSSR count). The Kier molecular flexibility index (Phi) is 6.36. The zero-order chi connectivity index (χ0) is 10.9. The summed E-state index contributed by atoms with van der Waals surface area (Å²) < 4.78 is 10.4. The van der Waals surface area contributed by atoms with Crippen LogP contribution in [0.15, 0.2) is 0 Å². The third-order valence-corrected chi connectivity index (χ3v) is 2.59. The van der Waals surface area contributed by atoms with Crippen molar-refractivity contribution in [2.75, 3.05) is 26.4 Å². The van der Waals surface area contributed by atoms with E-state index in [1.807, 2.05) is 0 Å². The Bertz CT molecular complexity index is 179. The van der Waals surface area contributed by atoms with Crippen LogP contribution in [0.25, 0.3) is 0 Å². The van der Waals surface area contributed by atoms with Crippen molar-refractivity contribution >= 4 is 5.97 Å². The summed E-state index contributed by atoms with van der Waals surface area (Å²) in [5.74, 6) is 0.330. The van der Waals surface area contributed by atoms with Gasteiger partial charge in [-0.3, -0.25) is 4.79 Å². The maximum Gasteiger partial charge on any atom is 0.305 e. The van der Waals surface area contributed by atoms with E-state index in [1.54, 1.807) is 0 Å². The van der Waals surface area contributed by atoms with E-state index in [9.17, 15) is 4.79 Å². The first-order chi connectivity index (χ1) is 7.33. The Labute approximate surface area is 91.1 Å². The second-order valence-electron chi connectivity index (χ2n) is 4.01. The topological polar surface area (TPSA) is 61.6 Å². The fraction of sp³-hybridized carbons (Fsp3) is 0.909. The van der Waals surface area contributed by atoms with E-state index >= 15 is 0 Å². The van der Waals surface area contributed by atoms with Crippen LogP contribution in [0.1, 0.15) is 32.1 Å². The van der Waals surface area contributed by atoms with Crippen LogP contribution in [0, 0.1) is 5.92 Å². The quantitative estimate of drug-likeness (QED) is 0.510. The highest BCUT2D eigenvalue weighted by molar-refractivity contribution is 5.69. The number of unbranched alkanes of at least 4 members (excludes halogenated alkanes) is 2. The highest BCUT2D eigenvalue weighted by Crippen LogP contribution is 2.12. The number of carbonyl (C=O) groups excluding carboxylic acids is 1. The molecule has 0 aromatic rings. The van der Waals surface area contributed by atoms with Crippen LogP contribution in [-0.2, 0) is 14.3 Å². The first-order valence-electron chi connectivity index (χ1n) is 5.76. The summed E-state index contributed by atoms with van der Waals surface area (Å²) in [6.45, 7) is 2.77. The fourth-order valence-electron chi connectivity index (χ4n) is 1.59. The number of ether oxygens (including phenoxy) is 2. The fourth-order valence-corrected chi connectivity index (χ4v) is 1.59. The summed E-state index contributed by atoms with van der Waals surface area (Å²) in [5.41, 5.74) is 5.36. The Hall–Kier alpha value is -0.610. The van der Waals surface area contributed by atoms with E-state index < -0.39 is 0 Å². The summed E-state index contributed by atoms with van der Waals surface area (Å²) in [5, 5.41) is 0. The van der Waals surface area contributed by atoms with Gasteiger partial charge < -0.3 is 15.2 Å². The van der Waals surface area contributed by atoms with Crippen molar-refractivity contribution in [3.63, 3.8) is 0 Å².